The van der Waals surface area contributed by atoms with Crippen molar-refractivity contribution in [2.75, 3.05) is 38.2 Å². The van der Waals surface area contributed by atoms with Crippen molar-refractivity contribution in [3.05, 3.63) is 35.8 Å². The largest absolute Gasteiger partial charge is 0.379 e. The Hall–Kier alpha value is -2.48. The molecule has 4 rings (SSSR count). The first-order chi connectivity index (χ1) is 12.8. The Morgan fingerprint density at radius 3 is 2.85 bits per heavy atom. The Kier molecular flexibility index (Phi) is 4.83. The van der Waals surface area contributed by atoms with Gasteiger partial charge in [-0.3, -0.25) is 4.79 Å². The summed E-state index contributed by atoms with van der Waals surface area (Å²) in [5.41, 5.74) is 1.50. The van der Waals surface area contributed by atoms with Gasteiger partial charge in [-0.15, -0.1) is 0 Å². The van der Waals surface area contributed by atoms with Crippen molar-refractivity contribution in [3.63, 3.8) is 0 Å². The highest BCUT2D eigenvalue weighted by Crippen LogP contribution is 2.30. The van der Waals surface area contributed by atoms with Crippen molar-refractivity contribution in [2.45, 2.75) is 31.3 Å². The number of carbonyl (C=O) groups excluding carboxylic acids is 1. The van der Waals surface area contributed by atoms with E-state index >= 15 is 0 Å². The van der Waals surface area contributed by atoms with E-state index in [-0.39, 0.29) is 17.9 Å². The van der Waals surface area contributed by atoms with E-state index in [9.17, 15) is 4.79 Å². The van der Waals surface area contributed by atoms with Crippen LogP contribution in [0.4, 0.5) is 5.82 Å². The molecule has 2 aromatic rings. The molecule has 0 unspecified atom stereocenters. The fraction of sp³-hybridized carbons (Fsp3) is 0.556. The molecular weight excluding hydrogens is 332 g/mol. The predicted octanol–water partition coefficient (Wildman–Crippen LogP) is 1.44. The van der Waals surface area contributed by atoms with Crippen molar-refractivity contribution in [1.29, 1.82) is 0 Å². The second-order valence-electron chi connectivity index (χ2n) is 6.91. The molecule has 4 heterocycles. The first-order valence-corrected chi connectivity index (χ1v) is 9.15. The second-order valence-corrected chi connectivity index (χ2v) is 6.91. The Bertz CT molecular complexity index is 744. The van der Waals surface area contributed by atoms with Crippen LogP contribution in [0.2, 0.25) is 0 Å². The van der Waals surface area contributed by atoms with Crippen LogP contribution in [0.25, 0.3) is 0 Å². The van der Waals surface area contributed by atoms with Crippen molar-refractivity contribution in [3.8, 4) is 0 Å². The number of amides is 1. The van der Waals surface area contributed by atoms with E-state index in [0.29, 0.717) is 18.7 Å². The molecule has 0 bridgehead atoms. The number of aromatic nitrogens is 4. The highest BCUT2D eigenvalue weighted by Gasteiger charge is 2.39. The molecule has 2 atom stereocenters. The van der Waals surface area contributed by atoms with Crippen LogP contribution in [0, 0.1) is 0 Å². The highest BCUT2D eigenvalue weighted by molar-refractivity contribution is 5.99. The fourth-order valence-electron chi connectivity index (χ4n) is 3.94. The maximum Gasteiger partial charge on any atom is 0.257 e. The van der Waals surface area contributed by atoms with Crippen molar-refractivity contribution >= 4 is 11.7 Å². The zero-order valence-electron chi connectivity index (χ0n) is 15.0. The van der Waals surface area contributed by atoms with Crippen LogP contribution in [0.5, 0.6) is 0 Å². The molecule has 26 heavy (non-hydrogen) atoms. The summed E-state index contributed by atoms with van der Waals surface area (Å²) in [6, 6.07) is 3.71. The standard InChI is InChI=1S/C18H24N6O2/c1-26-16-12-24(11-14(16)15-10-20-22-21-15)18(25)13-6-5-7-19-17(13)23-8-3-2-4-9-23/h5-7,10,14,16H,2-4,8-9,11-12H2,1H3,(H,20,21,22)/t14-,16+/m0/s1. The van der Waals surface area contributed by atoms with Crippen LogP contribution in [-0.4, -0.2) is 70.6 Å². The van der Waals surface area contributed by atoms with Gasteiger partial charge in [0.25, 0.3) is 5.91 Å². The minimum atomic E-state index is -0.0841. The lowest BCUT2D eigenvalue weighted by Crippen LogP contribution is -2.35. The number of pyridine rings is 1. The molecule has 0 saturated carbocycles. The van der Waals surface area contributed by atoms with Crippen molar-refractivity contribution in [2.24, 2.45) is 0 Å². The Balaban J connectivity index is 1.56. The lowest BCUT2D eigenvalue weighted by atomic mass is 10.0. The number of anilines is 1. The van der Waals surface area contributed by atoms with E-state index in [2.05, 4.69) is 25.3 Å². The highest BCUT2D eigenvalue weighted by atomic mass is 16.5. The molecule has 0 radical (unpaired) electrons. The average Bonchev–Trinajstić information content (AvgIpc) is 3.37. The van der Waals surface area contributed by atoms with E-state index in [4.69, 9.17) is 4.74 Å². The van der Waals surface area contributed by atoms with Gasteiger partial charge >= 0.3 is 0 Å². The van der Waals surface area contributed by atoms with E-state index in [1.54, 1.807) is 19.5 Å². The number of piperidine rings is 1. The van der Waals surface area contributed by atoms with Crippen LogP contribution < -0.4 is 4.90 Å². The smallest absolute Gasteiger partial charge is 0.257 e. The molecule has 2 aliphatic heterocycles. The fourth-order valence-corrected chi connectivity index (χ4v) is 3.94. The van der Waals surface area contributed by atoms with Gasteiger partial charge in [-0.2, -0.15) is 15.4 Å². The number of hydrogen-bond acceptors (Lipinski definition) is 6. The third kappa shape index (κ3) is 3.16. The summed E-state index contributed by atoms with van der Waals surface area (Å²) in [4.78, 5) is 21.8. The van der Waals surface area contributed by atoms with Gasteiger partial charge in [0, 0.05) is 39.5 Å². The summed E-state index contributed by atoms with van der Waals surface area (Å²) in [6.07, 6.45) is 6.92. The predicted molar refractivity (Wildman–Crippen MR) is 96.1 cm³/mol. The van der Waals surface area contributed by atoms with Crippen LogP contribution >= 0.6 is 0 Å². The summed E-state index contributed by atoms with van der Waals surface area (Å²) in [5, 5.41) is 10.7. The topological polar surface area (TPSA) is 87.2 Å². The van der Waals surface area contributed by atoms with Crippen LogP contribution in [0.1, 0.15) is 41.2 Å². The maximum absolute atomic E-state index is 13.2. The lowest BCUT2D eigenvalue weighted by molar-refractivity contribution is 0.0714. The number of methoxy groups -OCH3 is 1. The van der Waals surface area contributed by atoms with Gasteiger partial charge in [-0.1, -0.05) is 0 Å². The Morgan fingerprint density at radius 1 is 1.27 bits per heavy atom. The first kappa shape index (κ1) is 17.0. The van der Waals surface area contributed by atoms with Crippen LogP contribution in [-0.2, 0) is 4.74 Å². The zero-order chi connectivity index (χ0) is 17.9. The van der Waals surface area contributed by atoms with Crippen molar-refractivity contribution in [1.82, 2.24) is 25.3 Å². The number of carbonyl (C=O) groups is 1. The van der Waals surface area contributed by atoms with Gasteiger partial charge in [-0.05, 0) is 31.4 Å². The SMILES string of the molecule is CO[C@@H]1CN(C(=O)c2cccnc2N2CCCCC2)C[C@H]1c1cn[nH]n1. The Morgan fingerprint density at radius 2 is 2.12 bits per heavy atom. The molecule has 2 aliphatic rings. The molecule has 8 heteroatoms. The quantitative estimate of drug-likeness (QED) is 0.892. The lowest BCUT2D eigenvalue weighted by Gasteiger charge is -2.29. The number of nitrogens with one attached hydrogen (secondary N) is 1. The molecule has 2 fully saturated rings. The number of nitrogens with zero attached hydrogens (tertiary/aromatic N) is 5. The second kappa shape index (κ2) is 7.41. The number of hydrogen-bond donors (Lipinski definition) is 1. The van der Waals surface area contributed by atoms with Crippen LogP contribution in [0.3, 0.4) is 0 Å². The third-order valence-electron chi connectivity index (χ3n) is 5.34. The van der Waals surface area contributed by atoms with Crippen molar-refractivity contribution < 1.29 is 9.53 Å². The molecule has 2 saturated heterocycles. The summed E-state index contributed by atoms with van der Waals surface area (Å²) in [5.74, 6) is 0.834. The first-order valence-electron chi connectivity index (χ1n) is 9.15. The number of likely N-dealkylation sites (tertiary alicyclic amines) is 1. The molecule has 0 aliphatic carbocycles. The molecule has 1 N–H and O–H groups in total. The normalized spacial score (nSPS) is 23.4. The molecule has 8 nitrogen and oxygen atoms in total. The summed E-state index contributed by atoms with van der Waals surface area (Å²) < 4.78 is 5.61. The van der Waals surface area contributed by atoms with E-state index in [0.717, 1.165) is 37.4 Å². The number of H-pyrrole nitrogens is 1. The third-order valence-corrected chi connectivity index (χ3v) is 5.34. The van der Waals surface area contributed by atoms with Crippen LogP contribution in [0.15, 0.2) is 24.5 Å². The monoisotopic (exact) mass is 356 g/mol. The molecule has 1 amide bonds. The Labute approximate surface area is 152 Å². The van der Waals surface area contributed by atoms with Gasteiger partial charge in [0.05, 0.1) is 29.5 Å². The molecule has 0 spiro atoms. The van der Waals surface area contributed by atoms with Gasteiger partial charge in [0.15, 0.2) is 0 Å². The van der Waals surface area contributed by atoms with E-state index in [1.807, 2.05) is 17.0 Å². The maximum atomic E-state index is 13.2. The summed E-state index contributed by atoms with van der Waals surface area (Å²) >= 11 is 0. The molecule has 138 valence electrons. The number of rotatable bonds is 4. The summed E-state index contributed by atoms with van der Waals surface area (Å²) in [7, 11) is 1.68. The molecule has 2 aromatic heterocycles. The van der Waals surface area contributed by atoms with E-state index in [1.165, 1.54) is 6.42 Å². The molecular formula is C18H24N6O2. The average molecular weight is 356 g/mol. The van der Waals surface area contributed by atoms with E-state index < -0.39 is 0 Å². The summed E-state index contributed by atoms with van der Waals surface area (Å²) in [6.45, 7) is 3.03. The number of aromatic amines is 1. The zero-order valence-corrected chi connectivity index (χ0v) is 15.0. The van der Waals surface area contributed by atoms with Gasteiger partial charge in [0.1, 0.15) is 5.82 Å². The minimum absolute atomic E-state index is 0.00622. The molecule has 0 aromatic carbocycles. The number of ether oxygens (including phenoxy) is 1. The minimum Gasteiger partial charge on any atom is -0.379 e. The van der Waals surface area contributed by atoms with Gasteiger partial charge in [-0.25, -0.2) is 4.98 Å². The van der Waals surface area contributed by atoms with Gasteiger partial charge < -0.3 is 14.5 Å². The van der Waals surface area contributed by atoms with Gasteiger partial charge in [0.2, 0.25) is 0 Å².